The molecule has 4 amide bonds. The Hall–Kier alpha value is -3.39. The highest BCUT2D eigenvalue weighted by Gasteiger charge is 2.37. The van der Waals surface area contributed by atoms with Crippen LogP contribution in [0.25, 0.3) is 0 Å². The zero-order chi connectivity index (χ0) is 33.0. The number of ether oxygens (including phenoxy) is 1. The van der Waals surface area contributed by atoms with Gasteiger partial charge in [-0.25, -0.2) is 9.78 Å². The summed E-state index contributed by atoms with van der Waals surface area (Å²) in [6, 6.07) is -1.14. The van der Waals surface area contributed by atoms with E-state index in [2.05, 4.69) is 15.6 Å². The van der Waals surface area contributed by atoms with E-state index in [1.54, 1.807) is 11.9 Å². The lowest BCUT2D eigenvalue weighted by atomic mass is 9.93. The van der Waals surface area contributed by atoms with Crippen molar-refractivity contribution in [2.75, 3.05) is 20.6 Å². The highest BCUT2D eigenvalue weighted by molar-refractivity contribution is 7.09. The van der Waals surface area contributed by atoms with Gasteiger partial charge in [0.15, 0.2) is 11.8 Å². The van der Waals surface area contributed by atoms with Crippen molar-refractivity contribution >= 4 is 46.9 Å². The van der Waals surface area contributed by atoms with E-state index in [1.807, 2.05) is 34.7 Å². The molecule has 0 unspecified atom stereocenters. The van der Waals surface area contributed by atoms with Crippen molar-refractivity contribution in [3.05, 3.63) is 16.1 Å². The fraction of sp³-hybridized carbons (Fsp3) is 0.700. The summed E-state index contributed by atoms with van der Waals surface area (Å²) in [4.78, 5) is 85.8. The van der Waals surface area contributed by atoms with Crippen molar-refractivity contribution < 1.29 is 38.3 Å². The van der Waals surface area contributed by atoms with Gasteiger partial charge in [0.1, 0.15) is 11.0 Å². The SMILES string of the molecule is CC[C@H](C)[C@H](NC(=O)CCCCCNC)C(=O)N(C)[C@H](C[C@@H](OC(C)=O)c1nc(C(=O)ON2C(=O)CCC2=O)cs1)C(C)C. The van der Waals surface area contributed by atoms with Gasteiger partial charge in [-0.1, -0.05) is 40.5 Å². The van der Waals surface area contributed by atoms with E-state index < -0.39 is 41.9 Å². The van der Waals surface area contributed by atoms with Gasteiger partial charge in [0.25, 0.3) is 11.8 Å². The number of amides is 4. The van der Waals surface area contributed by atoms with Gasteiger partial charge >= 0.3 is 11.9 Å². The second-order valence-electron chi connectivity index (χ2n) is 11.5. The molecule has 1 aliphatic heterocycles. The first-order valence-electron chi connectivity index (χ1n) is 15.2. The van der Waals surface area contributed by atoms with Gasteiger partial charge in [0.05, 0.1) is 0 Å². The van der Waals surface area contributed by atoms with Crippen LogP contribution in [0.4, 0.5) is 0 Å². The lowest BCUT2D eigenvalue weighted by Crippen LogP contribution is -2.54. The number of carbonyl (C=O) groups is 6. The molecule has 13 nitrogen and oxygen atoms in total. The van der Waals surface area contributed by atoms with Crippen LogP contribution >= 0.6 is 11.3 Å². The lowest BCUT2D eigenvalue weighted by Gasteiger charge is -2.37. The minimum absolute atomic E-state index is 0.0374. The predicted octanol–water partition coefficient (Wildman–Crippen LogP) is 3.15. The summed E-state index contributed by atoms with van der Waals surface area (Å²) in [5.41, 5.74) is -0.148. The molecule has 0 aromatic carbocycles. The van der Waals surface area contributed by atoms with E-state index in [1.165, 1.54) is 12.3 Å². The van der Waals surface area contributed by atoms with Crippen molar-refractivity contribution in [3.8, 4) is 0 Å². The number of hydrogen-bond donors (Lipinski definition) is 2. The van der Waals surface area contributed by atoms with E-state index in [9.17, 15) is 28.8 Å². The van der Waals surface area contributed by atoms with E-state index in [0.29, 0.717) is 22.9 Å². The maximum absolute atomic E-state index is 13.9. The van der Waals surface area contributed by atoms with Crippen molar-refractivity contribution in [1.29, 1.82) is 0 Å². The Kier molecular flexibility index (Phi) is 14.9. The number of likely N-dealkylation sites (N-methyl/N-ethyl adjacent to an activating group) is 1. The largest absolute Gasteiger partial charge is 0.455 e. The topological polar surface area (TPSA) is 164 Å². The summed E-state index contributed by atoms with van der Waals surface area (Å²) in [7, 11) is 3.56. The molecule has 2 heterocycles. The van der Waals surface area contributed by atoms with Gasteiger partial charge in [0.2, 0.25) is 11.8 Å². The predicted molar refractivity (Wildman–Crippen MR) is 163 cm³/mol. The molecule has 246 valence electrons. The number of imide groups is 1. The first-order valence-corrected chi connectivity index (χ1v) is 16.1. The van der Waals surface area contributed by atoms with Crippen LogP contribution in [0, 0.1) is 11.8 Å². The Balaban J connectivity index is 2.20. The third-order valence-electron chi connectivity index (χ3n) is 7.69. The molecular weight excluding hydrogens is 590 g/mol. The van der Waals surface area contributed by atoms with Gasteiger partial charge in [-0.2, -0.15) is 0 Å². The summed E-state index contributed by atoms with van der Waals surface area (Å²) in [6.45, 7) is 9.92. The van der Waals surface area contributed by atoms with Crippen LogP contribution in [0.5, 0.6) is 0 Å². The molecule has 1 aromatic rings. The lowest BCUT2D eigenvalue weighted by molar-refractivity contribution is -0.172. The minimum Gasteiger partial charge on any atom is -0.455 e. The van der Waals surface area contributed by atoms with Crippen LogP contribution in [-0.4, -0.2) is 83.2 Å². The fourth-order valence-electron chi connectivity index (χ4n) is 4.89. The second-order valence-corrected chi connectivity index (χ2v) is 12.4. The van der Waals surface area contributed by atoms with Crippen LogP contribution in [-0.2, 0) is 33.5 Å². The van der Waals surface area contributed by atoms with Crippen molar-refractivity contribution in [1.82, 2.24) is 25.6 Å². The molecule has 1 aliphatic rings. The number of thiazole rings is 1. The molecular formula is C30H47N5O8S. The number of nitrogens with one attached hydrogen (secondary N) is 2. The van der Waals surface area contributed by atoms with Gasteiger partial charge in [-0.3, -0.25) is 24.0 Å². The third kappa shape index (κ3) is 10.7. The van der Waals surface area contributed by atoms with Gasteiger partial charge in [0, 0.05) is 51.1 Å². The van der Waals surface area contributed by atoms with Crippen LogP contribution in [0.3, 0.4) is 0 Å². The number of unbranched alkanes of at least 4 members (excludes halogenated alkanes) is 2. The summed E-state index contributed by atoms with van der Waals surface area (Å²) >= 11 is 1.05. The Labute approximate surface area is 263 Å². The van der Waals surface area contributed by atoms with Crippen LogP contribution in [0.1, 0.15) is 108 Å². The molecule has 0 aliphatic carbocycles. The number of esters is 1. The molecule has 4 atom stereocenters. The first kappa shape index (κ1) is 36.8. The summed E-state index contributed by atoms with van der Waals surface area (Å²) in [5.74, 6) is -3.37. The van der Waals surface area contributed by atoms with Crippen LogP contribution in [0.2, 0.25) is 0 Å². The number of carbonyl (C=O) groups excluding carboxylic acids is 6. The zero-order valence-corrected chi connectivity index (χ0v) is 27.7. The third-order valence-corrected chi connectivity index (χ3v) is 8.63. The molecule has 14 heteroatoms. The summed E-state index contributed by atoms with van der Waals surface area (Å²) in [5, 5.41) is 8.17. The Morgan fingerprint density at radius 2 is 1.75 bits per heavy atom. The molecule has 1 saturated heterocycles. The number of hydroxylamine groups is 2. The normalized spacial score (nSPS) is 16.0. The summed E-state index contributed by atoms with van der Waals surface area (Å²) < 4.78 is 5.60. The maximum atomic E-state index is 13.9. The smallest absolute Gasteiger partial charge is 0.382 e. The molecule has 0 radical (unpaired) electrons. The highest BCUT2D eigenvalue weighted by atomic mass is 32.1. The van der Waals surface area contributed by atoms with Crippen molar-refractivity contribution in [2.24, 2.45) is 11.8 Å². The molecule has 2 rings (SSSR count). The number of hydrogen-bond acceptors (Lipinski definition) is 11. The van der Waals surface area contributed by atoms with E-state index in [-0.39, 0.29) is 48.6 Å². The average Bonchev–Trinajstić information content (AvgIpc) is 3.59. The standard InChI is InChI=1S/C30H47N5O8S/c1-8-19(4)27(33-24(37)12-10-9-11-15-31-6)29(40)34(7)22(18(2)3)16-23(42-20(5)36)28-32-21(17-44-28)30(41)43-35-25(38)13-14-26(35)39/h17-19,22-23,27,31H,8-16H2,1-7H3,(H,33,37)/t19-,22+,23+,27-/m0/s1. The second kappa shape index (κ2) is 17.8. The Bertz CT molecular complexity index is 1160. The molecule has 0 spiro atoms. The van der Waals surface area contributed by atoms with Gasteiger partial charge < -0.3 is 25.1 Å². The summed E-state index contributed by atoms with van der Waals surface area (Å²) in [6.07, 6.45) is 2.84. The van der Waals surface area contributed by atoms with Crippen molar-refractivity contribution in [3.63, 3.8) is 0 Å². The van der Waals surface area contributed by atoms with E-state index >= 15 is 0 Å². The molecule has 44 heavy (non-hydrogen) atoms. The van der Waals surface area contributed by atoms with Crippen LogP contribution in [0.15, 0.2) is 5.38 Å². The number of nitrogens with zero attached hydrogens (tertiary/aromatic N) is 3. The average molecular weight is 638 g/mol. The minimum atomic E-state index is -0.987. The monoisotopic (exact) mass is 637 g/mol. The number of aromatic nitrogens is 1. The quantitative estimate of drug-likeness (QED) is 0.139. The number of rotatable bonds is 18. The van der Waals surface area contributed by atoms with Crippen molar-refractivity contribution in [2.45, 2.75) is 104 Å². The van der Waals surface area contributed by atoms with Crippen LogP contribution < -0.4 is 10.6 Å². The molecule has 2 N–H and O–H groups in total. The Morgan fingerprint density at radius 3 is 2.32 bits per heavy atom. The fourth-order valence-corrected chi connectivity index (χ4v) is 5.72. The maximum Gasteiger partial charge on any atom is 0.382 e. The molecule has 0 saturated carbocycles. The zero-order valence-electron chi connectivity index (χ0n) is 26.8. The van der Waals surface area contributed by atoms with Gasteiger partial charge in [-0.15, -0.1) is 16.4 Å². The Morgan fingerprint density at radius 1 is 1.09 bits per heavy atom. The van der Waals surface area contributed by atoms with E-state index in [0.717, 1.165) is 37.1 Å². The highest BCUT2D eigenvalue weighted by Crippen LogP contribution is 2.31. The molecule has 1 aromatic heterocycles. The van der Waals surface area contributed by atoms with E-state index in [4.69, 9.17) is 9.57 Å². The molecule has 0 bridgehead atoms. The van der Waals surface area contributed by atoms with Gasteiger partial charge in [-0.05, 0) is 38.3 Å². The first-order chi connectivity index (χ1) is 20.8. The molecule has 1 fully saturated rings.